The molecule has 1 aliphatic carbocycles. The van der Waals surface area contributed by atoms with Gasteiger partial charge in [0.1, 0.15) is 5.69 Å². The second-order valence-electron chi connectivity index (χ2n) is 4.35. The summed E-state index contributed by atoms with van der Waals surface area (Å²) in [4.78, 5) is 16.4. The number of alkyl halides is 1. The minimum atomic E-state index is -0.125. The van der Waals surface area contributed by atoms with Gasteiger partial charge in [-0.2, -0.15) is 0 Å². The molecule has 0 radical (unpaired) electrons. The van der Waals surface area contributed by atoms with Crippen LogP contribution in [0.3, 0.4) is 0 Å². The van der Waals surface area contributed by atoms with E-state index in [1.165, 1.54) is 19.0 Å². The standard InChI is InChI=1S/C12H14BrClN2O/c13-9-2-1-8(5-9)6-16-12(17)11-4-3-10(14)7-15-11/h3-4,7-9H,1-2,5-6H2,(H,16,17). The van der Waals surface area contributed by atoms with Crippen molar-refractivity contribution in [3.05, 3.63) is 29.0 Å². The van der Waals surface area contributed by atoms with E-state index in [-0.39, 0.29) is 5.91 Å². The molecule has 1 saturated carbocycles. The molecule has 2 unspecified atom stereocenters. The predicted octanol–water partition coefficient (Wildman–Crippen LogP) is 3.03. The van der Waals surface area contributed by atoms with Gasteiger partial charge in [-0.1, -0.05) is 27.5 Å². The van der Waals surface area contributed by atoms with Crippen LogP contribution in [0.25, 0.3) is 0 Å². The van der Waals surface area contributed by atoms with E-state index in [2.05, 4.69) is 26.2 Å². The van der Waals surface area contributed by atoms with E-state index < -0.39 is 0 Å². The van der Waals surface area contributed by atoms with Crippen LogP contribution in [0.4, 0.5) is 0 Å². The molecule has 1 aromatic heterocycles. The molecule has 0 spiro atoms. The van der Waals surface area contributed by atoms with Crippen molar-refractivity contribution in [3.63, 3.8) is 0 Å². The highest BCUT2D eigenvalue weighted by Crippen LogP contribution is 2.29. The number of pyridine rings is 1. The topological polar surface area (TPSA) is 42.0 Å². The molecular formula is C12H14BrClN2O. The van der Waals surface area contributed by atoms with Gasteiger partial charge in [-0.25, -0.2) is 4.98 Å². The van der Waals surface area contributed by atoms with Crippen LogP contribution in [-0.2, 0) is 0 Å². The zero-order valence-corrected chi connectivity index (χ0v) is 11.7. The maximum Gasteiger partial charge on any atom is 0.269 e. The van der Waals surface area contributed by atoms with Gasteiger partial charge in [0.2, 0.25) is 0 Å². The minimum Gasteiger partial charge on any atom is -0.350 e. The van der Waals surface area contributed by atoms with Crippen molar-refractivity contribution < 1.29 is 4.79 Å². The van der Waals surface area contributed by atoms with Crippen LogP contribution in [0.15, 0.2) is 18.3 Å². The molecule has 92 valence electrons. The molecule has 0 aliphatic heterocycles. The monoisotopic (exact) mass is 316 g/mol. The van der Waals surface area contributed by atoms with Crippen LogP contribution in [0.2, 0.25) is 5.02 Å². The molecule has 3 nitrogen and oxygen atoms in total. The molecule has 1 N–H and O–H groups in total. The fourth-order valence-electron chi connectivity index (χ4n) is 2.04. The van der Waals surface area contributed by atoms with Crippen molar-refractivity contribution in [1.82, 2.24) is 10.3 Å². The van der Waals surface area contributed by atoms with E-state index in [4.69, 9.17) is 11.6 Å². The number of halogens is 2. The number of nitrogens with zero attached hydrogens (tertiary/aromatic N) is 1. The summed E-state index contributed by atoms with van der Waals surface area (Å²) < 4.78 is 0. The second-order valence-corrected chi connectivity index (χ2v) is 6.08. The van der Waals surface area contributed by atoms with Crippen molar-refractivity contribution in [2.24, 2.45) is 5.92 Å². The lowest BCUT2D eigenvalue weighted by Crippen LogP contribution is -2.29. The minimum absolute atomic E-state index is 0.125. The second kappa shape index (κ2) is 5.83. The molecule has 5 heteroatoms. The van der Waals surface area contributed by atoms with Crippen molar-refractivity contribution in [3.8, 4) is 0 Å². The molecule has 1 heterocycles. The number of rotatable bonds is 3. The lowest BCUT2D eigenvalue weighted by atomic mass is 10.1. The first kappa shape index (κ1) is 12.8. The third-order valence-corrected chi connectivity index (χ3v) is 4.04. The summed E-state index contributed by atoms with van der Waals surface area (Å²) >= 11 is 9.31. The first-order valence-corrected chi connectivity index (χ1v) is 6.98. The SMILES string of the molecule is O=C(NCC1CCC(Br)C1)c1ccc(Cl)cn1. The predicted molar refractivity (Wildman–Crippen MR) is 71.6 cm³/mol. The normalized spacial score (nSPS) is 23.6. The fourth-order valence-corrected chi connectivity index (χ4v) is 2.94. The molecule has 17 heavy (non-hydrogen) atoms. The summed E-state index contributed by atoms with van der Waals surface area (Å²) in [6.07, 6.45) is 4.98. The van der Waals surface area contributed by atoms with Crippen molar-refractivity contribution in [2.45, 2.75) is 24.1 Å². The third-order valence-electron chi connectivity index (χ3n) is 2.99. The summed E-state index contributed by atoms with van der Waals surface area (Å²) in [5.41, 5.74) is 0.419. The van der Waals surface area contributed by atoms with Gasteiger partial charge in [0.15, 0.2) is 0 Å². The molecule has 1 fully saturated rings. The van der Waals surface area contributed by atoms with E-state index in [9.17, 15) is 4.79 Å². The van der Waals surface area contributed by atoms with Gasteiger partial charge < -0.3 is 5.32 Å². The van der Waals surface area contributed by atoms with E-state index in [1.807, 2.05) is 0 Å². The Hall–Kier alpha value is -0.610. The molecule has 1 aromatic rings. The molecule has 0 aromatic carbocycles. The molecular weight excluding hydrogens is 304 g/mol. The van der Waals surface area contributed by atoms with Crippen LogP contribution in [0, 0.1) is 5.92 Å². The quantitative estimate of drug-likeness (QED) is 0.871. The highest BCUT2D eigenvalue weighted by molar-refractivity contribution is 9.09. The zero-order chi connectivity index (χ0) is 12.3. The highest BCUT2D eigenvalue weighted by Gasteiger charge is 2.22. The Bertz CT molecular complexity index is 396. The maximum atomic E-state index is 11.8. The Morgan fingerprint density at radius 3 is 2.94 bits per heavy atom. The summed E-state index contributed by atoms with van der Waals surface area (Å²) in [6, 6.07) is 3.31. The lowest BCUT2D eigenvalue weighted by molar-refractivity contribution is 0.0942. The summed E-state index contributed by atoms with van der Waals surface area (Å²) in [5, 5.41) is 3.46. The number of amides is 1. The smallest absolute Gasteiger partial charge is 0.269 e. The number of hydrogen-bond donors (Lipinski definition) is 1. The van der Waals surface area contributed by atoms with Crippen LogP contribution < -0.4 is 5.32 Å². The first-order valence-electron chi connectivity index (χ1n) is 5.69. The summed E-state index contributed by atoms with van der Waals surface area (Å²) in [5.74, 6) is 0.454. The Morgan fingerprint density at radius 2 is 2.35 bits per heavy atom. The van der Waals surface area contributed by atoms with Gasteiger partial charge in [0.25, 0.3) is 5.91 Å². The van der Waals surface area contributed by atoms with Crippen LogP contribution in [-0.4, -0.2) is 22.3 Å². The molecule has 1 aliphatic rings. The molecule has 1 amide bonds. The Labute approximate surface area is 114 Å². The molecule has 2 rings (SSSR count). The van der Waals surface area contributed by atoms with Gasteiger partial charge in [-0.15, -0.1) is 0 Å². The van der Waals surface area contributed by atoms with Crippen molar-refractivity contribution in [1.29, 1.82) is 0 Å². The largest absolute Gasteiger partial charge is 0.350 e. The van der Waals surface area contributed by atoms with Crippen LogP contribution in [0.5, 0.6) is 0 Å². The number of nitrogens with one attached hydrogen (secondary N) is 1. The number of hydrogen-bond acceptors (Lipinski definition) is 2. The van der Waals surface area contributed by atoms with Gasteiger partial charge in [0, 0.05) is 17.6 Å². The molecule has 0 bridgehead atoms. The van der Waals surface area contributed by atoms with Gasteiger partial charge in [-0.05, 0) is 37.3 Å². The zero-order valence-electron chi connectivity index (χ0n) is 9.33. The van der Waals surface area contributed by atoms with Gasteiger partial charge >= 0.3 is 0 Å². The number of aromatic nitrogens is 1. The molecule has 2 atom stereocenters. The van der Waals surface area contributed by atoms with Crippen LogP contribution in [0.1, 0.15) is 29.8 Å². The lowest BCUT2D eigenvalue weighted by Gasteiger charge is -2.10. The van der Waals surface area contributed by atoms with E-state index >= 15 is 0 Å². The van der Waals surface area contributed by atoms with E-state index in [0.29, 0.717) is 21.5 Å². The van der Waals surface area contributed by atoms with Crippen molar-refractivity contribution >= 4 is 33.4 Å². The van der Waals surface area contributed by atoms with Gasteiger partial charge in [0.05, 0.1) is 5.02 Å². The Morgan fingerprint density at radius 1 is 1.53 bits per heavy atom. The Balaban J connectivity index is 1.83. The average molecular weight is 318 g/mol. The summed E-state index contributed by atoms with van der Waals surface area (Å²) in [7, 11) is 0. The summed E-state index contributed by atoms with van der Waals surface area (Å²) in [6.45, 7) is 0.727. The maximum absolute atomic E-state index is 11.8. The molecule has 0 saturated heterocycles. The first-order chi connectivity index (χ1) is 8.15. The van der Waals surface area contributed by atoms with E-state index in [1.54, 1.807) is 12.1 Å². The number of carbonyl (C=O) groups is 1. The third kappa shape index (κ3) is 3.68. The fraction of sp³-hybridized carbons (Fsp3) is 0.500. The van der Waals surface area contributed by atoms with Crippen molar-refractivity contribution in [2.75, 3.05) is 6.54 Å². The Kier molecular flexibility index (Phi) is 4.40. The van der Waals surface area contributed by atoms with Crippen LogP contribution >= 0.6 is 27.5 Å². The van der Waals surface area contributed by atoms with E-state index in [0.717, 1.165) is 13.0 Å². The number of carbonyl (C=O) groups excluding carboxylic acids is 1. The highest BCUT2D eigenvalue weighted by atomic mass is 79.9. The average Bonchev–Trinajstić information content (AvgIpc) is 2.73. The van der Waals surface area contributed by atoms with Gasteiger partial charge in [-0.3, -0.25) is 4.79 Å².